The van der Waals surface area contributed by atoms with Crippen LogP contribution in [0.3, 0.4) is 0 Å². The van der Waals surface area contributed by atoms with Crippen LogP contribution in [0.5, 0.6) is 0 Å². The summed E-state index contributed by atoms with van der Waals surface area (Å²) in [6.45, 7) is 1.87. The molecule has 0 saturated heterocycles. The summed E-state index contributed by atoms with van der Waals surface area (Å²) in [5, 5.41) is 2.54. The normalized spacial score (nSPS) is 10.6. The molecule has 1 aromatic carbocycles. The Labute approximate surface area is 123 Å². The minimum absolute atomic E-state index is 0.113. The van der Waals surface area contributed by atoms with Crippen molar-refractivity contribution in [3.8, 4) is 0 Å². The maximum atomic E-state index is 12.8. The Balaban J connectivity index is 2.11. The van der Waals surface area contributed by atoms with Gasteiger partial charge in [0.25, 0.3) is 0 Å². The first-order valence-corrected chi connectivity index (χ1v) is 6.62. The first kappa shape index (κ1) is 17.4. The van der Waals surface area contributed by atoms with Crippen molar-refractivity contribution in [2.45, 2.75) is 6.42 Å². The van der Waals surface area contributed by atoms with Crippen LogP contribution in [0.4, 0.5) is 15.8 Å². The molecule has 0 radical (unpaired) electrons. The molecular formula is C14H21FN2O4. The third-order valence-electron chi connectivity index (χ3n) is 2.53. The van der Waals surface area contributed by atoms with E-state index in [2.05, 4.69) is 5.32 Å². The van der Waals surface area contributed by atoms with Crippen molar-refractivity contribution in [2.75, 3.05) is 51.2 Å². The molecule has 0 aliphatic carbocycles. The molecule has 0 fully saturated rings. The highest BCUT2D eigenvalue weighted by atomic mass is 19.1. The number of rotatable bonds is 10. The van der Waals surface area contributed by atoms with Crippen LogP contribution < -0.4 is 11.1 Å². The quantitative estimate of drug-likeness (QED) is 0.504. The van der Waals surface area contributed by atoms with Gasteiger partial charge in [-0.3, -0.25) is 4.79 Å². The van der Waals surface area contributed by atoms with Crippen LogP contribution in [0.15, 0.2) is 18.2 Å². The Morgan fingerprint density at radius 3 is 2.71 bits per heavy atom. The van der Waals surface area contributed by atoms with Gasteiger partial charge in [0.2, 0.25) is 5.91 Å². The van der Waals surface area contributed by atoms with Gasteiger partial charge in [0.05, 0.1) is 24.6 Å². The monoisotopic (exact) mass is 300 g/mol. The van der Waals surface area contributed by atoms with Crippen LogP contribution in [0.1, 0.15) is 6.42 Å². The molecular weight excluding hydrogens is 279 g/mol. The van der Waals surface area contributed by atoms with E-state index in [-0.39, 0.29) is 18.2 Å². The number of halogens is 1. The van der Waals surface area contributed by atoms with Gasteiger partial charge in [-0.25, -0.2) is 4.39 Å². The van der Waals surface area contributed by atoms with E-state index in [0.717, 1.165) is 12.5 Å². The van der Waals surface area contributed by atoms with E-state index in [1.165, 1.54) is 12.1 Å². The SMILES string of the molecule is COCCCOCCOCC(=O)Nc1ccc(F)cc1N. The van der Waals surface area contributed by atoms with Crippen LogP contribution in [-0.2, 0) is 19.0 Å². The topological polar surface area (TPSA) is 82.8 Å². The lowest BCUT2D eigenvalue weighted by Gasteiger charge is -2.09. The lowest BCUT2D eigenvalue weighted by atomic mass is 10.2. The second kappa shape index (κ2) is 10.1. The summed E-state index contributed by atoms with van der Waals surface area (Å²) in [6, 6.07) is 3.77. The maximum Gasteiger partial charge on any atom is 0.250 e. The fraction of sp³-hybridized carbons (Fsp3) is 0.500. The van der Waals surface area contributed by atoms with Gasteiger partial charge in [0, 0.05) is 20.3 Å². The van der Waals surface area contributed by atoms with Gasteiger partial charge in [-0.2, -0.15) is 0 Å². The lowest BCUT2D eigenvalue weighted by molar-refractivity contribution is -0.121. The van der Waals surface area contributed by atoms with E-state index >= 15 is 0 Å². The zero-order valence-corrected chi connectivity index (χ0v) is 12.1. The van der Waals surface area contributed by atoms with Gasteiger partial charge in [-0.15, -0.1) is 0 Å². The van der Waals surface area contributed by atoms with Gasteiger partial charge in [0.15, 0.2) is 0 Å². The Morgan fingerprint density at radius 1 is 1.24 bits per heavy atom. The number of amides is 1. The van der Waals surface area contributed by atoms with Crippen LogP contribution in [0.25, 0.3) is 0 Å². The summed E-state index contributed by atoms with van der Waals surface area (Å²) in [5.41, 5.74) is 6.11. The predicted molar refractivity (Wildman–Crippen MR) is 77.6 cm³/mol. The van der Waals surface area contributed by atoms with Crippen LogP contribution >= 0.6 is 0 Å². The molecule has 6 nitrogen and oxygen atoms in total. The largest absolute Gasteiger partial charge is 0.397 e. The Kier molecular flexibility index (Phi) is 8.34. The summed E-state index contributed by atoms with van der Waals surface area (Å²) < 4.78 is 28.1. The standard InChI is InChI=1S/C14H21FN2O4/c1-19-5-2-6-20-7-8-21-10-14(18)17-13-4-3-11(15)9-12(13)16/h3-4,9H,2,5-8,10,16H2,1H3,(H,17,18). The zero-order valence-electron chi connectivity index (χ0n) is 12.1. The van der Waals surface area contributed by atoms with Gasteiger partial charge < -0.3 is 25.3 Å². The number of nitrogens with one attached hydrogen (secondary N) is 1. The first-order chi connectivity index (χ1) is 10.1. The minimum Gasteiger partial charge on any atom is -0.397 e. The molecule has 0 heterocycles. The van der Waals surface area contributed by atoms with Gasteiger partial charge in [0.1, 0.15) is 12.4 Å². The van der Waals surface area contributed by atoms with E-state index in [1.54, 1.807) is 7.11 Å². The molecule has 0 saturated carbocycles. The zero-order chi connectivity index (χ0) is 15.5. The fourth-order valence-corrected chi connectivity index (χ4v) is 1.52. The third kappa shape index (κ3) is 7.60. The molecule has 21 heavy (non-hydrogen) atoms. The maximum absolute atomic E-state index is 12.8. The van der Waals surface area contributed by atoms with Crippen molar-refractivity contribution in [1.82, 2.24) is 0 Å². The van der Waals surface area contributed by atoms with Crippen LogP contribution in [0.2, 0.25) is 0 Å². The molecule has 3 N–H and O–H groups in total. The molecule has 118 valence electrons. The second-order valence-electron chi connectivity index (χ2n) is 4.29. The molecule has 7 heteroatoms. The molecule has 0 aliphatic rings. The summed E-state index contributed by atoms with van der Waals surface area (Å²) >= 11 is 0. The van der Waals surface area contributed by atoms with Crippen molar-refractivity contribution < 1.29 is 23.4 Å². The number of anilines is 2. The predicted octanol–water partition coefficient (Wildman–Crippen LogP) is 1.42. The van der Waals surface area contributed by atoms with Crippen molar-refractivity contribution in [1.29, 1.82) is 0 Å². The Bertz CT molecular complexity index is 443. The molecule has 0 aliphatic heterocycles. The number of methoxy groups -OCH3 is 1. The van der Waals surface area contributed by atoms with E-state index in [4.69, 9.17) is 19.9 Å². The minimum atomic E-state index is -0.452. The van der Waals surface area contributed by atoms with Gasteiger partial charge >= 0.3 is 0 Å². The van der Waals surface area contributed by atoms with Crippen molar-refractivity contribution in [3.05, 3.63) is 24.0 Å². The lowest BCUT2D eigenvalue weighted by Crippen LogP contribution is -2.20. The second-order valence-corrected chi connectivity index (χ2v) is 4.29. The van der Waals surface area contributed by atoms with Crippen molar-refractivity contribution in [2.24, 2.45) is 0 Å². The van der Waals surface area contributed by atoms with Crippen molar-refractivity contribution >= 4 is 17.3 Å². The summed E-state index contributed by atoms with van der Waals surface area (Å²) in [7, 11) is 1.63. The number of ether oxygens (including phenoxy) is 3. The number of nitrogen functional groups attached to an aromatic ring is 1. The number of benzene rings is 1. The molecule has 0 bridgehead atoms. The summed E-state index contributed by atoms with van der Waals surface area (Å²) in [5.74, 6) is -0.805. The molecule has 1 amide bonds. The molecule has 0 atom stereocenters. The molecule has 0 unspecified atom stereocenters. The molecule has 0 spiro atoms. The highest BCUT2D eigenvalue weighted by molar-refractivity contribution is 5.94. The number of nitrogens with two attached hydrogens (primary N) is 1. The highest BCUT2D eigenvalue weighted by Gasteiger charge is 2.06. The van der Waals surface area contributed by atoms with Crippen molar-refractivity contribution in [3.63, 3.8) is 0 Å². The number of hydrogen-bond acceptors (Lipinski definition) is 5. The van der Waals surface area contributed by atoms with Gasteiger partial charge in [-0.1, -0.05) is 0 Å². The third-order valence-corrected chi connectivity index (χ3v) is 2.53. The smallest absolute Gasteiger partial charge is 0.250 e. The van der Waals surface area contributed by atoms with Gasteiger partial charge in [-0.05, 0) is 24.6 Å². The Morgan fingerprint density at radius 2 is 2.00 bits per heavy atom. The summed E-state index contributed by atoms with van der Waals surface area (Å²) in [4.78, 5) is 11.6. The average Bonchev–Trinajstić information content (AvgIpc) is 2.45. The number of carbonyl (C=O) groups is 1. The van der Waals surface area contributed by atoms with E-state index in [1.807, 2.05) is 0 Å². The Hall–Kier alpha value is -1.70. The summed E-state index contributed by atoms with van der Waals surface area (Å²) in [6.07, 6.45) is 0.820. The van der Waals surface area contributed by atoms with E-state index < -0.39 is 5.82 Å². The van der Waals surface area contributed by atoms with Crippen LogP contribution in [0, 0.1) is 5.82 Å². The first-order valence-electron chi connectivity index (χ1n) is 6.62. The number of carbonyl (C=O) groups excluding carboxylic acids is 1. The van der Waals surface area contributed by atoms with E-state index in [0.29, 0.717) is 32.1 Å². The average molecular weight is 300 g/mol. The molecule has 1 rings (SSSR count). The number of hydrogen-bond donors (Lipinski definition) is 2. The molecule has 0 aromatic heterocycles. The highest BCUT2D eigenvalue weighted by Crippen LogP contribution is 2.18. The fourth-order valence-electron chi connectivity index (χ4n) is 1.52. The van der Waals surface area contributed by atoms with Crippen LogP contribution in [-0.4, -0.2) is 46.1 Å². The molecule has 1 aromatic rings. The van der Waals surface area contributed by atoms with E-state index in [9.17, 15) is 9.18 Å².